The van der Waals surface area contributed by atoms with Crippen LogP contribution in [0, 0.1) is 0 Å². The van der Waals surface area contributed by atoms with Gasteiger partial charge in [-0.3, -0.25) is 0 Å². The molecular weight excluding hydrogens is 503 g/mol. The fourth-order valence-electron chi connectivity index (χ4n) is 5.46. The van der Waals surface area contributed by atoms with Crippen LogP contribution in [0.1, 0.15) is 22.3 Å². The van der Waals surface area contributed by atoms with Crippen LogP contribution in [0.4, 0.5) is 0 Å². The Morgan fingerprint density at radius 3 is 1.20 bits per heavy atom. The molecule has 0 aliphatic carbocycles. The van der Waals surface area contributed by atoms with E-state index in [1.807, 2.05) is 97.1 Å². The van der Waals surface area contributed by atoms with E-state index in [9.17, 15) is 0 Å². The van der Waals surface area contributed by atoms with Gasteiger partial charge >= 0.3 is 18.9 Å². The van der Waals surface area contributed by atoms with Crippen molar-refractivity contribution in [3.63, 3.8) is 0 Å². The second-order valence-corrected chi connectivity index (χ2v) is 9.67. The van der Waals surface area contributed by atoms with Crippen LogP contribution in [0.2, 0.25) is 0 Å². The van der Waals surface area contributed by atoms with Crippen LogP contribution in [0.15, 0.2) is 127 Å². The first-order valence-electron chi connectivity index (χ1n) is 12.9. The monoisotopic (exact) mass is 519 g/mol. The zero-order chi connectivity index (χ0) is 26.2. The number of aromatic nitrogens is 1. The standard InChI is InChI=1S/C32H16N8.Li/c1-2-10-18-17(9-1)25-33-26(18)38-28-21-13-5-6-14-22(21)30(35-28)40-32-24-16-8-7-15-23(24)31(36-32)39-29-20-12-4-3-11-19(20)27(34-29)37-25;/h1-16H;/q-1;+1. The number of rotatable bonds is 0. The van der Waals surface area contributed by atoms with Crippen LogP contribution in [0.3, 0.4) is 0 Å². The van der Waals surface area contributed by atoms with Crippen LogP contribution in [0.25, 0.3) is 22.4 Å². The third-order valence-corrected chi connectivity index (χ3v) is 7.33. The van der Waals surface area contributed by atoms with E-state index in [1.54, 1.807) is 0 Å². The van der Waals surface area contributed by atoms with Gasteiger partial charge < -0.3 is 15.0 Å². The van der Waals surface area contributed by atoms with Gasteiger partial charge in [-0.2, -0.15) is 0 Å². The molecule has 9 heteroatoms. The first kappa shape index (κ1) is 23.7. The molecule has 1 aromatic heterocycles. The van der Waals surface area contributed by atoms with E-state index in [4.69, 9.17) is 40.3 Å². The van der Waals surface area contributed by atoms with E-state index in [2.05, 4.69) is 0 Å². The van der Waals surface area contributed by atoms with E-state index in [0.29, 0.717) is 46.0 Å². The average molecular weight is 519 g/mol. The maximum Gasteiger partial charge on any atom is 1.00 e. The minimum Gasteiger partial charge on any atom is -0.357 e. The Bertz CT molecular complexity index is 2200. The number of aliphatic imine (C=N–C) groups is 4. The predicted molar refractivity (Wildman–Crippen MR) is 153 cm³/mol. The Labute approximate surface area is 244 Å². The van der Waals surface area contributed by atoms with Gasteiger partial charge in [-0.25, -0.2) is 25.3 Å². The minimum absolute atomic E-state index is 0. The van der Waals surface area contributed by atoms with Crippen molar-refractivity contribution >= 4 is 45.8 Å². The molecule has 8 bridgehead atoms. The Morgan fingerprint density at radius 2 is 0.756 bits per heavy atom. The molecule has 0 saturated heterocycles. The molecule has 4 aromatic carbocycles. The zero-order valence-corrected chi connectivity index (χ0v) is 21.8. The number of hydrogen-bond acceptors (Lipinski definition) is 6. The molecular formula is C32H16LiN8. The second kappa shape index (κ2) is 8.93. The molecule has 9 rings (SSSR count). The molecule has 5 heterocycles. The molecule has 4 aliphatic rings. The van der Waals surface area contributed by atoms with E-state index >= 15 is 0 Å². The van der Waals surface area contributed by atoms with Gasteiger partial charge in [-0.15, -0.1) is 0 Å². The Kier molecular flexibility index (Phi) is 5.16. The van der Waals surface area contributed by atoms with Crippen LogP contribution in [-0.2, 0) is 0 Å². The number of benzene rings is 4. The molecule has 5 aromatic rings. The molecule has 41 heavy (non-hydrogen) atoms. The smallest absolute Gasteiger partial charge is 0.357 e. The second-order valence-electron chi connectivity index (χ2n) is 9.67. The third kappa shape index (κ3) is 3.55. The van der Waals surface area contributed by atoms with E-state index in [1.165, 1.54) is 0 Å². The number of nitrogens with zero attached hydrogens (tertiary/aromatic N) is 8. The van der Waals surface area contributed by atoms with Gasteiger partial charge in [0.1, 0.15) is 0 Å². The normalized spacial score (nSPS) is 15.7. The van der Waals surface area contributed by atoms with E-state index in [-0.39, 0.29) is 18.9 Å². The van der Waals surface area contributed by atoms with Gasteiger partial charge in [0.25, 0.3) is 0 Å². The Morgan fingerprint density at radius 1 is 0.390 bits per heavy atom. The predicted octanol–water partition coefficient (Wildman–Crippen LogP) is -1.08. The molecule has 8 nitrogen and oxygen atoms in total. The van der Waals surface area contributed by atoms with Crippen molar-refractivity contribution in [1.82, 2.24) is 10.3 Å². The Hall–Kier alpha value is -5.16. The SMILES string of the molecule is [Li+].c1ccc2c(c1)C1=NC2=NC2=c3ccccc3=C([N]2)N=C2N=C(N=c3[n-]c(c4ccccc34)=N1)c1ccccc12. The third-order valence-electron chi connectivity index (χ3n) is 7.33. The summed E-state index contributed by atoms with van der Waals surface area (Å²) in [7, 11) is 0. The maximum absolute atomic E-state index is 4.95. The molecule has 0 spiro atoms. The van der Waals surface area contributed by atoms with Crippen molar-refractivity contribution < 1.29 is 18.9 Å². The van der Waals surface area contributed by atoms with Gasteiger partial charge in [0.2, 0.25) is 0 Å². The number of amidine groups is 4. The topological polar surface area (TPSA) is 102 Å². The summed E-state index contributed by atoms with van der Waals surface area (Å²) in [6.45, 7) is 0. The van der Waals surface area contributed by atoms with Gasteiger partial charge in [0, 0.05) is 43.7 Å². The minimum atomic E-state index is 0. The first-order chi connectivity index (χ1) is 19.8. The summed E-state index contributed by atoms with van der Waals surface area (Å²) in [4.78, 5) is 34.4. The van der Waals surface area contributed by atoms with Crippen molar-refractivity contribution in [2.75, 3.05) is 0 Å². The maximum atomic E-state index is 4.95. The fraction of sp³-hybridized carbons (Fsp3) is 0. The van der Waals surface area contributed by atoms with Crippen LogP contribution < -0.4 is 50.6 Å². The molecule has 0 saturated carbocycles. The van der Waals surface area contributed by atoms with E-state index < -0.39 is 0 Å². The van der Waals surface area contributed by atoms with Crippen molar-refractivity contribution in [2.24, 2.45) is 30.0 Å². The quantitative estimate of drug-likeness (QED) is 0.239. The molecule has 0 atom stereocenters. The van der Waals surface area contributed by atoms with Crippen LogP contribution >= 0.6 is 0 Å². The fourth-order valence-corrected chi connectivity index (χ4v) is 5.46. The van der Waals surface area contributed by atoms with Gasteiger partial charge in [0.05, 0.1) is 11.7 Å². The number of hydrogen-bond donors (Lipinski definition) is 0. The zero-order valence-electron chi connectivity index (χ0n) is 21.8. The number of fused-ring (bicyclic) bond motifs is 16. The molecule has 185 valence electrons. The average Bonchev–Trinajstić information content (AvgIpc) is 3.73. The molecule has 0 fully saturated rings. The summed E-state index contributed by atoms with van der Waals surface area (Å²) in [6.07, 6.45) is 0. The summed E-state index contributed by atoms with van der Waals surface area (Å²) >= 11 is 0. The molecule has 0 amide bonds. The van der Waals surface area contributed by atoms with Crippen molar-refractivity contribution in [3.8, 4) is 0 Å². The first-order valence-corrected chi connectivity index (χ1v) is 12.9. The molecule has 1 radical (unpaired) electrons. The largest absolute Gasteiger partial charge is 1.00 e. The van der Waals surface area contributed by atoms with Gasteiger partial charge in [0.15, 0.2) is 23.3 Å². The molecule has 0 unspecified atom stereocenters. The van der Waals surface area contributed by atoms with Crippen molar-refractivity contribution in [1.29, 1.82) is 0 Å². The Balaban J connectivity index is 0.00000256. The van der Waals surface area contributed by atoms with Crippen molar-refractivity contribution in [2.45, 2.75) is 0 Å². The van der Waals surface area contributed by atoms with Crippen molar-refractivity contribution in [3.05, 3.63) is 141 Å². The summed E-state index contributed by atoms with van der Waals surface area (Å²) in [5.41, 5.74) is 4.68. The molecule has 0 N–H and O–H groups in total. The van der Waals surface area contributed by atoms with Gasteiger partial charge in [-0.1, -0.05) is 97.1 Å². The summed E-state index contributed by atoms with van der Waals surface area (Å²) in [5, 5.41) is 8.44. The summed E-state index contributed by atoms with van der Waals surface area (Å²) < 4.78 is 0. The van der Waals surface area contributed by atoms with Gasteiger partial charge in [-0.05, 0) is 10.8 Å². The van der Waals surface area contributed by atoms with Crippen LogP contribution in [-0.4, -0.2) is 23.3 Å². The van der Waals surface area contributed by atoms with E-state index in [0.717, 1.165) is 43.5 Å². The summed E-state index contributed by atoms with van der Waals surface area (Å²) in [5.74, 6) is 3.31. The van der Waals surface area contributed by atoms with Crippen LogP contribution in [0.5, 0.6) is 0 Å². The molecule has 4 aliphatic heterocycles. The summed E-state index contributed by atoms with van der Waals surface area (Å²) in [6, 6.07) is 31.8.